The van der Waals surface area contributed by atoms with E-state index in [-0.39, 0.29) is 29.4 Å². The van der Waals surface area contributed by atoms with Crippen LogP contribution in [0.25, 0.3) is 0 Å². The molecule has 1 fully saturated rings. The summed E-state index contributed by atoms with van der Waals surface area (Å²) in [5.74, 6) is -0.269. The van der Waals surface area contributed by atoms with Crippen LogP contribution in [0.15, 0.2) is 59.2 Å². The van der Waals surface area contributed by atoms with Gasteiger partial charge in [0.25, 0.3) is 11.8 Å². The van der Waals surface area contributed by atoms with Crippen molar-refractivity contribution in [1.29, 1.82) is 0 Å². The summed E-state index contributed by atoms with van der Waals surface area (Å²) in [6, 6.07) is 13.5. The number of hydrogen-bond donors (Lipinski definition) is 3. The molecule has 4 rings (SSSR count). The second-order valence-electron chi connectivity index (χ2n) is 6.39. The molecule has 3 amide bonds. The highest BCUT2D eigenvalue weighted by atomic mass is 32.1. The summed E-state index contributed by atoms with van der Waals surface area (Å²) >= 11 is 1.16. The summed E-state index contributed by atoms with van der Waals surface area (Å²) in [4.78, 5) is 36.6. The molecule has 0 unspecified atom stereocenters. The summed E-state index contributed by atoms with van der Waals surface area (Å²) in [6.07, 6.45) is 3.32. The van der Waals surface area contributed by atoms with Gasteiger partial charge in [-0.25, -0.2) is 0 Å². The van der Waals surface area contributed by atoms with E-state index in [1.807, 2.05) is 0 Å². The zero-order chi connectivity index (χ0) is 19.5. The summed E-state index contributed by atoms with van der Waals surface area (Å²) in [5.41, 5.74) is 1.32. The predicted octanol–water partition coefficient (Wildman–Crippen LogP) is 4.19. The maximum atomic E-state index is 12.4. The van der Waals surface area contributed by atoms with E-state index in [0.29, 0.717) is 21.3 Å². The van der Waals surface area contributed by atoms with Gasteiger partial charge in [0.05, 0.1) is 16.1 Å². The van der Waals surface area contributed by atoms with E-state index < -0.39 is 0 Å². The van der Waals surface area contributed by atoms with Crippen LogP contribution in [-0.4, -0.2) is 17.7 Å². The molecule has 2 heterocycles. The Balaban J connectivity index is 1.34. The van der Waals surface area contributed by atoms with Gasteiger partial charge >= 0.3 is 0 Å². The van der Waals surface area contributed by atoms with Crippen molar-refractivity contribution < 1.29 is 18.8 Å². The molecule has 28 heavy (non-hydrogen) atoms. The number of nitrogens with one attached hydrogen (secondary N) is 3. The molecule has 142 valence electrons. The molecule has 1 aliphatic rings. The Morgan fingerprint density at radius 3 is 2.21 bits per heavy atom. The van der Waals surface area contributed by atoms with Gasteiger partial charge in [-0.05, 0) is 61.4 Å². The van der Waals surface area contributed by atoms with Crippen molar-refractivity contribution in [3.63, 3.8) is 0 Å². The van der Waals surface area contributed by atoms with Gasteiger partial charge in [-0.3, -0.25) is 14.4 Å². The van der Waals surface area contributed by atoms with Crippen LogP contribution in [0.3, 0.4) is 0 Å². The first-order chi connectivity index (χ1) is 13.6. The molecular weight excluding hydrogens is 378 g/mol. The van der Waals surface area contributed by atoms with E-state index in [9.17, 15) is 14.4 Å². The fraction of sp³-hybridized carbons (Fsp3) is 0.150. The molecule has 1 aliphatic carbocycles. The van der Waals surface area contributed by atoms with Crippen LogP contribution < -0.4 is 16.0 Å². The molecule has 3 aromatic rings. The maximum absolute atomic E-state index is 12.4. The number of carbonyl (C=O) groups is 3. The molecular formula is C20H17N3O4S. The number of hydrogen-bond acceptors (Lipinski definition) is 5. The van der Waals surface area contributed by atoms with Crippen molar-refractivity contribution in [1.82, 2.24) is 0 Å². The van der Waals surface area contributed by atoms with Crippen molar-refractivity contribution in [2.75, 3.05) is 16.0 Å². The number of rotatable bonds is 6. The Hall–Kier alpha value is -3.39. The standard InChI is InChI=1S/C20H17N3O4S/c24-18(12-3-4-12)21-13-5-7-14(8-6-13)22-20(26)16-9-10-17(28-16)23-19(25)15-2-1-11-27-15/h1-2,5-12H,3-4H2,(H,21,24)(H,22,26)(H,23,25). The Kier molecular flexibility index (Phi) is 4.94. The summed E-state index contributed by atoms with van der Waals surface area (Å²) < 4.78 is 5.04. The van der Waals surface area contributed by atoms with Gasteiger partial charge in [0.15, 0.2) is 5.76 Å². The quantitative estimate of drug-likeness (QED) is 0.582. The molecule has 0 spiro atoms. The minimum absolute atomic E-state index is 0.0412. The molecule has 2 aromatic heterocycles. The highest BCUT2D eigenvalue weighted by Gasteiger charge is 2.29. The van der Waals surface area contributed by atoms with Crippen molar-refractivity contribution in [2.45, 2.75) is 12.8 Å². The Labute approximate surface area is 164 Å². The molecule has 0 saturated heterocycles. The van der Waals surface area contributed by atoms with Crippen molar-refractivity contribution in [2.24, 2.45) is 5.92 Å². The van der Waals surface area contributed by atoms with Gasteiger partial charge in [0.2, 0.25) is 5.91 Å². The van der Waals surface area contributed by atoms with Crippen molar-refractivity contribution in [3.8, 4) is 0 Å². The summed E-state index contributed by atoms with van der Waals surface area (Å²) in [5, 5.41) is 8.88. The average molecular weight is 395 g/mol. The third kappa shape index (κ3) is 4.29. The molecule has 7 nitrogen and oxygen atoms in total. The molecule has 0 radical (unpaired) electrons. The van der Waals surface area contributed by atoms with E-state index in [4.69, 9.17) is 4.42 Å². The summed E-state index contributed by atoms with van der Waals surface area (Å²) in [7, 11) is 0. The van der Waals surface area contributed by atoms with Gasteiger partial charge in [-0.2, -0.15) is 0 Å². The lowest BCUT2D eigenvalue weighted by Gasteiger charge is -2.07. The fourth-order valence-electron chi connectivity index (χ4n) is 2.53. The monoisotopic (exact) mass is 395 g/mol. The third-order valence-corrected chi connectivity index (χ3v) is 5.17. The number of carbonyl (C=O) groups excluding carboxylic acids is 3. The SMILES string of the molecule is O=C(Nc1ccc(C(=O)Nc2ccc(NC(=O)C3CC3)cc2)s1)c1ccco1. The number of furan rings is 1. The van der Waals surface area contributed by atoms with E-state index in [1.165, 1.54) is 6.26 Å². The smallest absolute Gasteiger partial charge is 0.291 e. The molecule has 1 aromatic carbocycles. The topological polar surface area (TPSA) is 100 Å². The second kappa shape index (κ2) is 7.69. The van der Waals surface area contributed by atoms with Crippen LogP contribution in [0.5, 0.6) is 0 Å². The van der Waals surface area contributed by atoms with E-state index in [2.05, 4.69) is 16.0 Å². The van der Waals surface area contributed by atoms with Gasteiger partial charge in [-0.1, -0.05) is 0 Å². The normalized spacial score (nSPS) is 13.0. The van der Waals surface area contributed by atoms with Crippen LogP contribution in [0, 0.1) is 5.92 Å². The first-order valence-electron chi connectivity index (χ1n) is 8.75. The Morgan fingerprint density at radius 2 is 1.57 bits per heavy atom. The van der Waals surface area contributed by atoms with Crippen molar-refractivity contribution in [3.05, 3.63) is 65.4 Å². The van der Waals surface area contributed by atoms with Crippen LogP contribution in [0.2, 0.25) is 0 Å². The molecule has 0 aliphatic heterocycles. The predicted molar refractivity (Wildman–Crippen MR) is 107 cm³/mol. The minimum Gasteiger partial charge on any atom is -0.459 e. The zero-order valence-electron chi connectivity index (χ0n) is 14.7. The molecule has 1 saturated carbocycles. The maximum Gasteiger partial charge on any atom is 0.291 e. The van der Waals surface area contributed by atoms with E-state index >= 15 is 0 Å². The highest BCUT2D eigenvalue weighted by molar-refractivity contribution is 7.18. The lowest BCUT2D eigenvalue weighted by molar-refractivity contribution is -0.117. The molecule has 0 atom stereocenters. The number of amides is 3. The minimum atomic E-state index is -0.373. The number of anilines is 3. The van der Waals surface area contributed by atoms with Gasteiger partial charge in [0, 0.05) is 17.3 Å². The average Bonchev–Trinajstić information content (AvgIpc) is 3.19. The first kappa shape index (κ1) is 18.0. The fourth-order valence-corrected chi connectivity index (χ4v) is 3.32. The number of thiophene rings is 1. The van der Waals surface area contributed by atoms with Crippen LogP contribution >= 0.6 is 11.3 Å². The lowest BCUT2D eigenvalue weighted by atomic mass is 10.2. The Bertz CT molecular complexity index is 1000. The van der Waals surface area contributed by atoms with Crippen LogP contribution in [0.1, 0.15) is 33.1 Å². The second-order valence-corrected chi connectivity index (χ2v) is 7.47. The Morgan fingerprint density at radius 1 is 0.857 bits per heavy atom. The number of benzene rings is 1. The molecule has 8 heteroatoms. The zero-order valence-corrected chi connectivity index (χ0v) is 15.5. The van der Waals surface area contributed by atoms with Crippen LogP contribution in [-0.2, 0) is 4.79 Å². The molecule has 3 N–H and O–H groups in total. The molecule has 0 bridgehead atoms. The first-order valence-corrected chi connectivity index (χ1v) is 9.57. The summed E-state index contributed by atoms with van der Waals surface area (Å²) in [6.45, 7) is 0. The largest absolute Gasteiger partial charge is 0.459 e. The van der Waals surface area contributed by atoms with E-state index in [1.54, 1.807) is 48.5 Å². The lowest BCUT2D eigenvalue weighted by Crippen LogP contribution is -2.13. The van der Waals surface area contributed by atoms with Crippen molar-refractivity contribution >= 4 is 45.4 Å². The highest BCUT2D eigenvalue weighted by Crippen LogP contribution is 2.30. The van der Waals surface area contributed by atoms with Gasteiger partial charge in [-0.15, -0.1) is 11.3 Å². The van der Waals surface area contributed by atoms with Crippen LogP contribution in [0.4, 0.5) is 16.4 Å². The van der Waals surface area contributed by atoms with E-state index in [0.717, 1.165) is 24.2 Å². The van der Waals surface area contributed by atoms with Gasteiger partial charge in [0.1, 0.15) is 0 Å². The van der Waals surface area contributed by atoms with Gasteiger partial charge < -0.3 is 20.4 Å². The third-order valence-electron chi connectivity index (χ3n) is 4.17.